The number of benzene rings is 4. The molecule has 0 bridgehead atoms. The van der Waals surface area contributed by atoms with Crippen molar-refractivity contribution in [3.8, 4) is 34.3 Å². The third kappa shape index (κ3) is 6.10. The van der Waals surface area contributed by atoms with Gasteiger partial charge in [0.15, 0.2) is 11.0 Å². The normalized spacial score (nSPS) is 10.7. The first kappa shape index (κ1) is 26.8. The summed E-state index contributed by atoms with van der Waals surface area (Å²) in [7, 11) is 4.89. The number of thioether (sulfide) groups is 1. The first-order chi connectivity index (χ1) is 19.6. The maximum atomic E-state index is 12.9. The predicted molar refractivity (Wildman–Crippen MR) is 157 cm³/mol. The number of nitrogens with zero attached hydrogens (tertiary/aromatic N) is 3. The van der Waals surface area contributed by atoms with E-state index >= 15 is 0 Å². The molecular formula is C31H28N4O4S. The summed E-state index contributed by atoms with van der Waals surface area (Å²) in [5, 5.41) is 12.7. The molecule has 0 fully saturated rings. The molecule has 1 amide bonds. The minimum atomic E-state index is -0.182. The Morgan fingerprint density at radius 1 is 0.775 bits per heavy atom. The van der Waals surface area contributed by atoms with E-state index in [-0.39, 0.29) is 5.91 Å². The van der Waals surface area contributed by atoms with Crippen LogP contribution in [-0.4, -0.2) is 42.0 Å². The fourth-order valence-corrected chi connectivity index (χ4v) is 5.00. The monoisotopic (exact) mass is 552 g/mol. The Balaban J connectivity index is 1.39. The Hall–Kier alpha value is -4.76. The number of methoxy groups -OCH3 is 3. The third-order valence-corrected chi connectivity index (χ3v) is 7.20. The average Bonchev–Trinajstić information content (AvgIpc) is 3.44. The van der Waals surface area contributed by atoms with Crippen molar-refractivity contribution in [3.63, 3.8) is 0 Å². The second-order valence-corrected chi connectivity index (χ2v) is 9.69. The number of aromatic nitrogens is 3. The number of anilines is 1. The fourth-order valence-electron chi connectivity index (χ4n) is 4.10. The molecule has 9 heteroatoms. The lowest BCUT2D eigenvalue weighted by Crippen LogP contribution is -2.12. The first-order valence-electron chi connectivity index (χ1n) is 12.5. The standard InChI is InChI=1S/C31H28N4O4S/c1-37-26-14-10-24(11-15-26)32-30(36)23-8-4-6-21(18-23)20-40-31-34-33-29(22-7-5-9-28(19-22)39-3)35(31)25-12-16-27(38-2)17-13-25/h4-19H,20H2,1-3H3,(H,32,36). The van der Waals surface area contributed by atoms with Gasteiger partial charge in [-0.3, -0.25) is 9.36 Å². The molecule has 8 nitrogen and oxygen atoms in total. The highest BCUT2D eigenvalue weighted by Gasteiger charge is 2.17. The highest BCUT2D eigenvalue weighted by atomic mass is 32.2. The van der Waals surface area contributed by atoms with E-state index in [1.165, 1.54) is 0 Å². The summed E-state index contributed by atoms with van der Waals surface area (Å²) in [5.41, 5.74) is 4.04. The van der Waals surface area contributed by atoms with Crippen LogP contribution in [0.2, 0.25) is 0 Å². The largest absolute Gasteiger partial charge is 0.497 e. The van der Waals surface area contributed by atoms with Crippen molar-refractivity contribution < 1.29 is 19.0 Å². The van der Waals surface area contributed by atoms with E-state index < -0.39 is 0 Å². The van der Waals surface area contributed by atoms with Crippen LogP contribution in [0.1, 0.15) is 15.9 Å². The molecule has 4 aromatic carbocycles. The Bertz CT molecular complexity index is 1600. The number of nitrogens with one attached hydrogen (secondary N) is 1. The topological polar surface area (TPSA) is 87.5 Å². The number of rotatable bonds is 10. The molecule has 0 aliphatic rings. The van der Waals surface area contributed by atoms with Crippen LogP contribution in [-0.2, 0) is 5.75 Å². The zero-order chi connectivity index (χ0) is 27.9. The maximum Gasteiger partial charge on any atom is 0.255 e. The lowest BCUT2D eigenvalue weighted by molar-refractivity contribution is 0.102. The molecule has 1 aromatic heterocycles. The molecule has 5 rings (SSSR count). The number of carbonyl (C=O) groups excluding carboxylic acids is 1. The van der Waals surface area contributed by atoms with Crippen LogP contribution in [0.15, 0.2) is 102 Å². The van der Waals surface area contributed by atoms with Crippen molar-refractivity contribution in [3.05, 3.63) is 108 Å². The van der Waals surface area contributed by atoms with Gasteiger partial charge < -0.3 is 19.5 Å². The lowest BCUT2D eigenvalue weighted by atomic mass is 10.1. The molecule has 5 aromatic rings. The van der Waals surface area contributed by atoms with E-state index in [0.29, 0.717) is 22.8 Å². The van der Waals surface area contributed by atoms with Gasteiger partial charge in [-0.05, 0) is 78.4 Å². The van der Waals surface area contributed by atoms with Crippen LogP contribution >= 0.6 is 11.8 Å². The van der Waals surface area contributed by atoms with Gasteiger partial charge in [0, 0.05) is 28.3 Å². The van der Waals surface area contributed by atoms with Gasteiger partial charge in [-0.2, -0.15) is 0 Å². The Morgan fingerprint density at radius 3 is 2.15 bits per heavy atom. The highest BCUT2D eigenvalue weighted by molar-refractivity contribution is 7.98. The number of carbonyl (C=O) groups is 1. The van der Waals surface area contributed by atoms with Crippen molar-refractivity contribution >= 4 is 23.4 Å². The molecule has 1 N–H and O–H groups in total. The molecule has 202 valence electrons. The van der Waals surface area contributed by atoms with Gasteiger partial charge in [0.1, 0.15) is 17.2 Å². The lowest BCUT2D eigenvalue weighted by Gasteiger charge is -2.12. The van der Waals surface area contributed by atoms with E-state index in [1.54, 1.807) is 51.3 Å². The summed E-state index contributed by atoms with van der Waals surface area (Å²) in [6, 6.07) is 30.3. The highest BCUT2D eigenvalue weighted by Crippen LogP contribution is 2.32. The van der Waals surface area contributed by atoms with Gasteiger partial charge in [-0.15, -0.1) is 10.2 Å². The molecule has 1 heterocycles. The Kier molecular flexibility index (Phi) is 8.32. The summed E-state index contributed by atoms with van der Waals surface area (Å²) in [4.78, 5) is 12.9. The SMILES string of the molecule is COc1ccc(NC(=O)c2cccc(CSc3nnc(-c4cccc(OC)c4)n3-c3ccc(OC)cc3)c2)cc1. The van der Waals surface area contributed by atoms with Crippen molar-refractivity contribution in [1.29, 1.82) is 0 Å². The summed E-state index contributed by atoms with van der Waals surface area (Å²) in [5.74, 6) is 3.34. The number of ether oxygens (including phenoxy) is 3. The van der Waals surface area contributed by atoms with Gasteiger partial charge in [0.2, 0.25) is 0 Å². The van der Waals surface area contributed by atoms with Gasteiger partial charge in [-0.25, -0.2) is 0 Å². The van der Waals surface area contributed by atoms with Crippen LogP contribution in [0, 0.1) is 0 Å². The van der Waals surface area contributed by atoms with Crippen molar-refractivity contribution in [2.24, 2.45) is 0 Å². The minimum absolute atomic E-state index is 0.182. The summed E-state index contributed by atoms with van der Waals surface area (Å²) >= 11 is 1.54. The van der Waals surface area contributed by atoms with Crippen LogP contribution in [0.5, 0.6) is 17.2 Å². The predicted octanol–water partition coefficient (Wildman–Crippen LogP) is 6.50. The molecule has 40 heavy (non-hydrogen) atoms. The Morgan fingerprint density at radius 2 is 1.45 bits per heavy atom. The van der Waals surface area contributed by atoms with Crippen molar-refractivity contribution in [2.75, 3.05) is 26.6 Å². The quantitative estimate of drug-likeness (QED) is 0.198. The second kappa shape index (κ2) is 12.4. The van der Waals surface area contributed by atoms with Gasteiger partial charge in [-0.1, -0.05) is 36.0 Å². The van der Waals surface area contributed by atoms with Crippen molar-refractivity contribution in [1.82, 2.24) is 14.8 Å². The van der Waals surface area contributed by atoms with Gasteiger partial charge in [0.05, 0.1) is 21.3 Å². The number of hydrogen-bond acceptors (Lipinski definition) is 7. The Labute approximate surface area is 236 Å². The third-order valence-electron chi connectivity index (χ3n) is 6.20. The van der Waals surface area contributed by atoms with E-state index in [0.717, 1.165) is 39.2 Å². The first-order valence-corrected chi connectivity index (χ1v) is 13.5. The maximum absolute atomic E-state index is 12.9. The zero-order valence-electron chi connectivity index (χ0n) is 22.3. The molecule has 0 radical (unpaired) electrons. The summed E-state index contributed by atoms with van der Waals surface area (Å²) in [6.07, 6.45) is 0. The number of amides is 1. The van der Waals surface area contributed by atoms with E-state index in [9.17, 15) is 4.79 Å². The summed E-state index contributed by atoms with van der Waals surface area (Å²) < 4.78 is 18.0. The second-order valence-electron chi connectivity index (χ2n) is 8.74. The molecule has 0 spiro atoms. The van der Waals surface area contributed by atoms with Gasteiger partial charge in [0.25, 0.3) is 5.91 Å². The molecule has 0 aliphatic carbocycles. The molecule has 0 saturated heterocycles. The van der Waals surface area contributed by atoms with Crippen molar-refractivity contribution in [2.45, 2.75) is 10.9 Å². The minimum Gasteiger partial charge on any atom is -0.497 e. The fraction of sp³-hybridized carbons (Fsp3) is 0.129. The molecule has 0 unspecified atom stereocenters. The molecular weight excluding hydrogens is 524 g/mol. The van der Waals surface area contributed by atoms with E-state index in [4.69, 9.17) is 14.2 Å². The average molecular weight is 553 g/mol. The number of hydrogen-bond donors (Lipinski definition) is 1. The van der Waals surface area contributed by atoms with Crippen LogP contribution < -0.4 is 19.5 Å². The van der Waals surface area contributed by atoms with Crippen LogP contribution in [0.25, 0.3) is 17.1 Å². The van der Waals surface area contributed by atoms with E-state index in [1.807, 2.05) is 83.4 Å². The molecule has 0 atom stereocenters. The van der Waals surface area contributed by atoms with Crippen LogP contribution in [0.4, 0.5) is 5.69 Å². The zero-order valence-corrected chi connectivity index (χ0v) is 23.1. The smallest absolute Gasteiger partial charge is 0.255 e. The van der Waals surface area contributed by atoms with Gasteiger partial charge >= 0.3 is 0 Å². The summed E-state index contributed by atoms with van der Waals surface area (Å²) in [6.45, 7) is 0. The van der Waals surface area contributed by atoms with Crippen LogP contribution in [0.3, 0.4) is 0 Å². The molecule has 0 aliphatic heterocycles. The molecule has 0 saturated carbocycles. The van der Waals surface area contributed by atoms with E-state index in [2.05, 4.69) is 15.5 Å².